The molecular weight excluding hydrogens is 187 g/mol. The SMILES string of the molecule is N#CC1CCCOC1(O)C(F)(F)F. The standard InChI is InChI=1S/C7H8F3NO2/c8-7(9,10)6(12)5(4-11)2-1-3-13-6/h5,12H,1-3H2. The van der Waals surface area contributed by atoms with Gasteiger partial charge >= 0.3 is 6.18 Å². The second kappa shape index (κ2) is 3.16. The van der Waals surface area contributed by atoms with Crippen LogP contribution in [0.15, 0.2) is 0 Å². The number of hydrogen-bond acceptors (Lipinski definition) is 3. The first kappa shape index (κ1) is 10.3. The minimum absolute atomic E-state index is 0.00646. The van der Waals surface area contributed by atoms with Crippen LogP contribution in [-0.4, -0.2) is 23.7 Å². The van der Waals surface area contributed by atoms with E-state index < -0.39 is 17.9 Å². The average molecular weight is 195 g/mol. The first-order valence-electron chi connectivity index (χ1n) is 3.74. The number of rotatable bonds is 0. The van der Waals surface area contributed by atoms with Crippen LogP contribution in [0.3, 0.4) is 0 Å². The summed E-state index contributed by atoms with van der Waals surface area (Å²) in [6.07, 6.45) is -4.54. The highest BCUT2D eigenvalue weighted by Gasteiger charge is 2.61. The topological polar surface area (TPSA) is 53.2 Å². The van der Waals surface area contributed by atoms with Crippen LogP contribution in [0.4, 0.5) is 13.2 Å². The maximum absolute atomic E-state index is 12.2. The quantitative estimate of drug-likeness (QED) is 0.631. The van der Waals surface area contributed by atoms with Crippen LogP contribution in [0, 0.1) is 17.2 Å². The molecule has 74 valence electrons. The molecule has 0 bridgehead atoms. The fourth-order valence-corrected chi connectivity index (χ4v) is 1.24. The summed E-state index contributed by atoms with van der Waals surface area (Å²) >= 11 is 0. The van der Waals surface area contributed by atoms with Crippen molar-refractivity contribution >= 4 is 0 Å². The fraction of sp³-hybridized carbons (Fsp3) is 0.857. The number of aliphatic hydroxyl groups is 1. The van der Waals surface area contributed by atoms with Crippen LogP contribution in [0.5, 0.6) is 0 Å². The van der Waals surface area contributed by atoms with Crippen molar-refractivity contribution in [3.05, 3.63) is 0 Å². The molecule has 0 saturated carbocycles. The summed E-state index contributed by atoms with van der Waals surface area (Å²) in [6, 6.07) is 1.41. The molecular formula is C7H8F3NO2. The molecule has 0 aromatic rings. The van der Waals surface area contributed by atoms with Gasteiger partial charge in [0.2, 0.25) is 0 Å². The number of alkyl halides is 3. The summed E-state index contributed by atoms with van der Waals surface area (Å²) in [5.41, 5.74) is 0. The van der Waals surface area contributed by atoms with E-state index in [0.717, 1.165) is 0 Å². The summed E-state index contributed by atoms with van der Waals surface area (Å²) in [7, 11) is 0. The summed E-state index contributed by atoms with van der Waals surface area (Å²) in [5, 5.41) is 17.5. The Morgan fingerprint density at radius 2 is 2.15 bits per heavy atom. The molecule has 1 aliphatic rings. The van der Waals surface area contributed by atoms with Gasteiger partial charge in [0.15, 0.2) is 0 Å². The Labute approximate surface area is 72.7 Å². The Morgan fingerprint density at radius 1 is 1.54 bits per heavy atom. The molecule has 1 heterocycles. The molecule has 0 spiro atoms. The monoisotopic (exact) mass is 195 g/mol. The molecule has 0 aliphatic carbocycles. The largest absolute Gasteiger partial charge is 0.444 e. The van der Waals surface area contributed by atoms with Gasteiger partial charge in [-0.2, -0.15) is 18.4 Å². The highest BCUT2D eigenvalue weighted by Crippen LogP contribution is 2.41. The van der Waals surface area contributed by atoms with Crippen molar-refractivity contribution in [2.24, 2.45) is 5.92 Å². The first-order valence-corrected chi connectivity index (χ1v) is 3.74. The number of ether oxygens (including phenoxy) is 1. The molecule has 6 heteroatoms. The third kappa shape index (κ3) is 1.62. The van der Waals surface area contributed by atoms with Crippen LogP contribution < -0.4 is 0 Å². The Balaban J connectivity index is 2.91. The lowest BCUT2D eigenvalue weighted by Crippen LogP contribution is -2.55. The van der Waals surface area contributed by atoms with Crippen LogP contribution in [0.25, 0.3) is 0 Å². The number of nitriles is 1. The van der Waals surface area contributed by atoms with Gasteiger partial charge in [-0.25, -0.2) is 0 Å². The fourth-order valence-electron chi connectivity index (χ4n) is 1.24. The molecule has 0 aromatic heterocycles. The van der Waals surface area contributed by atoms with Gasteiger partial charge in [0.1, 0.15) is 5.92 Å². The third-order valence-electron chi connectivity index (χ3n) is 1.99. The Bertz CT molecular complexity index is 235. The summed E-state index contributed by atoms with van der Waals surface area (Å²) in [6.45, 7) is -0.172. The van der Waals surface area contributed by atoms with Gasteiger partial charge < -0.3 is 9.84 Å². The smallest absolute Gasteiger partial charge is 0.357 e. The van der Waals surface area contributed by atoms with Crippen LogP contribution in [0.1, 0.15) is 12.8 Å². The van der Waals surface area contributed by atoms with Crippen LogP contribution >= 0.6 is 0 Å². The molecule has 0 amide bonds. The predicted octanol–water partition coefficient (Wildman–Crippen LogP) is 1.19. The van der Waals surface area contributed by atoms with Crippen LogP contribution in [0.2, 0.25) is 0 Å². The van der Waals surface area contributed by atoms with E-state index >= 15 is 0 Å². The van der Waals surface area contributed by atoms with Gasteiger partial charge in [-0.3, -0.25) is 0 Å². The lowest BCUT2D eigenvalue weighted by atomic mass is 9.92. The van der Waals surface area contributed by atoms with Gasteiger partial charge in [-0.05, 0) is 12.8 Å². The zero-order chi connectivity index (χ0) is 10.1. The van der Waals surface area contributed by atoms with E-state index in [4.69, 9.17) is 10.4 Å². The number of nitrogens with zero attached hydrogens (tertiary/aromatic N) is 1. The Morgan fingerprint density at radius 3 is 2.54 bits per heavy atom. The maximum Gasteiger partial charge on any atom is 0.444 e. The molecule has 13 heavy (non-hydrogen) atoms. The molecule has 1 N–H and O–H groups in total. The van der Waals surface area contributed by atoms with Crippen molar-refractivity contribution in [1.29, 1.82) is 5.26 Å². The highest BCUT2D eigenvalue weighted by atomic mass is 19.4. The van der Waals surface area contributed by atoms with Gasteiger partial charge in [0.25, 0.3) is 5.79 Å². The van der Waals surface area contributed by atoms with E-state index in [1.54, 1.807) is 0 Å². The van der Waals surface area contributed by atoms with Gasteiger partial charge in [0.05, 0.1) is 12.7 Å². The third-order valence-corrected chi connectivity index (χ3v) is 1.99. The number of halogens is 3. The Kier molecular flexibility index (Phi) is 2.50. The first-order chi connectivity index (χ1) is 5.92. The second-order valence-corrected chi connectivity index (χ2v) is 2.87. The summed E-state index contributed by atoms with van der Waals surface area (Å²) in [4.78, 5) is 0. The van der Waals surface area contributed by atoms with Crippen molar-refractivity contribution in [1.82, 2.24) is 0 Å². The number of hydrogen-bond donors (Lipinski definition) is 1. The van der Waals surface area contributed by atoms with Crippen LogP contribution in [-0.2, 0) is 4.74 Å². The maximum atomic E-state index is 12.2. The Hall–Kier alpha value is -0.800. The lowest BCUT2D eigenvalue weighted by molar-refractivity contribution is -0.388. The van der Waals surface area contributed by atoms with Crippen molar-refractivity contribution in [2.45, 2.75) is 24.8 Å². The molecule has 3 nitrogen and oxygen atoms in total. The molecule has 0 aromatic carbocycles. The van der Waals surface area contributed by atoms with Crippen molar-refractivity contribution < 1.29 is 23.0 Å². The molecule has 0 radical (unpaired) electrons. The van der Waals surface area contributed by atoms with Gasteiger partial charge in [-0.15, -0.1) is 0 Å². The average Bonchev–Trinajstić information content (AvgIpc) is 2.03. The van der Waals surface area contributed by atoms with E-state index in [9.17, 15) is 13.2 Å². The molecule has 1 aliphatic heterocycles. The minimum atomic E-state index is -4.91. The van der Waals surface area contributed by atoms with E-state index in [1.807, 2.05) is 0 Å². The lowest BCUT2D eigenvalue weighted by Gasteiger charge is -2.36. The van der Waals surface area contributed by atoms with Gasteiger partial charge in [0, 0.05) is 0 Å². The van der Waals surface area contributed by atoms with E-state index in [1.165, 1.54) is 6.07 Å². The normalized spacial score (nSPS) is 35.5. The van der Waals surface area contributed by atoms with Crippen molar-refractivity contribution in [3.63, 3.8) is 0 Å². The minimum Gasteiger partial charge on any atom is -0.357 e. The molecule has 1 saturated heterocycles. The van der Waals surface area contributed by atoms with E-state index in [0.29, 0.717) is 6.42 Å². The van der Waals surface area contributed by atoms with Crippen molar-refractivity contribution in [2.75, 3.05) is 6.61 Å². The zero-order valence-corrected chi connectivity index (χ0v) is 6.64. The van der Waals surface area contributed by atoms with E-state index in [-0.39, 0.29) is 13.0 Å². The molecule has 2 unspecified atom stereocenters. The van der Waals surface area contributed by atoms with Crippen molar-refractivity contribution in [3.8, 4) is 6.07 Å². The second-order valence-electron chi connectivity index (χ2n) is 2.87. The summed E-state index contributed by atoms with van der Waals surface area (Å²) < 4.78 is 41.0. The molecule has 1 rings (SSSR count). The zero-order valence-electron chi connectivity index (χ0n) is 6.64. The molecule has 2 atom stereocenters. The summed E-state index contributed by atoms with van der Waals surface area (Å²) in [5.74, 6) is -4.80. The van der Waals surface area contributed by atoms with Gasteiger partial charge in [-0.1, -0.05) is 0 Å². The highest BCUT2D eigenvalue weighted by molar-refractivity contribution is 4.99. The van der Waals surface area contributed by atoms with E-state index in [2.05, 4.69) is 4.74 Å². The molecule has 1 fully saturated rings. The predicted molar refractivity (Wildman–Crippen MR) is 35.3 cm³/mol.